The molecule has 0 aliphatic rings. The van der Waals surface area contributed by atoms with Gasteiger partial charge in [-0.3, -0.25) is 0 Å². The normalized spacial score (nSPS) is 12.5. The highest BCUT2D eigenvalue weighted by molar-refractivity contribution is 5.80. The van der Waals surface area contributed by atoms with Crippen molar-refractivity contribution in [2.24, 2.45) is 0 Å². The van der Waals surface area contributed by atoms with E-state index in [4.69, 9.17) is 9.47 Å². The van der Waals surface area contributed by atoms with Gasteiger partial charge in [-0.15, -0.1) is 0 Å². The number of nitrogens with one attached hydrogen (secondary N) is 1. The van der Waals surface area contributed by atoms with Crippen LogP contribution >= 0.6 is 0 Å². The zero-order valence-electron chi connectivity index (χ0n) is 11.3. The molecule has 0 bridgehead atoms. The van der Waals surface area contributed by atoms with E-state index in [9.17, 15) is 4.79 Å². The van der Waals surface area contributed by atoms with Crippen molar-refractivity contribution in [1.29, 1.82) is 0 Å². The Morgan fingerprint density at radius 1 is 1.26 bits per heavy atom. The van der Waals surface area contributed by atoms with Crippen molar-refractivity contribution in [3.63, 3.8) is 0 Å². The summed E-state index contributed by atoms with van der Waals surface area (Å²) in [6.07, 6.45) is 1.91. The van der Waals surface area contributed by atoms with Gasteiger partial charge in [0.05, 0.1) is 6.61 Å². The van der Waals surface area contributed by atoms with Gasteiger partial charge in [0, 0.05) is 24.7 Å². The SMILES string of the molecule is CCOC(=O)[C@H](Cc1ccc2[nH]ccc2c1)OCC. The van der Waals surface area contributed by atoms with Crippen LogP contribution in [0.4, 0.5) is 0 Å². The molecule has 1 atom stereocenters. The summed E-state index contributed by atoms with van der Waals surface area (Å²) in [5, 5.41) is 1.14. The molecule has 0 unspecified atom stereocenters. The molecule has 0 spiro atoms. The summed E-state index contributed by atoms with van der Waals surface area (Å²) in [7, 11) is 0. The number of hydrogen-bond acceptors (Lipinski definition) is 3. The highest BCUT2D eigenvalue weighted by Gasteiger charge is 2.20. The Labute approximate surface area is 112 Å². The van der Waals surface area contributed by atoms with Crippen LogP contribution in [0.15, 0.2) is 30.5 Å². The van der Waals surface area contributed by atoms with Crippen molar-refractivity contribution in [2.75, 3.05) is 13.2 Å². The zero-order valence-corrected chi connectivity index (χ0v) is 11.3. The first-order valence-corrected chi connectivity index (χ1v) is 6.58. The predicted molar refractivity (Wildman–Crippen MR) is 74.0 cm³/mol. The number of benzene rings is 1. The summed E-state index contributed by atoms with van der Waals surface area (Å²) in [5.74, 6) is -0.293. The quantitative estimate of drug-likeness (QED) is 0.813. The number of fused-ring (bicyclic) bond motifs is 1. The van der Waals surface area contributed by atoms with Gasteiger partial charge in [-0.1, -0.05) is 6.07 Å². The highest BCUT2D eigenvalue weighted by Crippen LogP contribution is 2.16. The van der Waals surface area contributed by atoms with Crippen molar-refractivity contribution < 1.29 is 14.3 Å². The summed E-state index contributed by atoms with van der Waals surface area (Å²) in [6.45, 7) is 4.55. The minimum Gasteiger partial charge on any atom is -0.464 e. The van der Waals surface area contributed by atoms with Crippen molar-refractivity contribution in [1.82, 2.24) is 4.98 Å². The Kier molecular flexibility index (Phi) is 4.58. The third-order valence-electron chi connectivity index (χ3n) is 2.96. The van der Waals surface area contributed by atoms with Gasteiger partial charge in [0.2, 0.25) is 0 Å². The average molecular weight is 261 g/mol. The molecular weight excluding hydrogens is 242 g/mol. The zero-order chi connectivity index (χ0) is 13.7. The molecule has 1 aromatic heterocycles. The minimum atomic E-state index is -0.527. The van der Waals surface area contributed by atoms with Crippen LogP contribution in [0.5, 0.6) is 0 Å². The van der Waals surface area contributed by atoms with Crippen LogP contribution in [0, 0.1) is 0 Å². The van der Waals surface area contributed by atoms with E-state index in [0.29, 0.717) is 19.6 Å². The fourth-order valence-corrected chi connectivity index (χ4v) is 2.09. The second-order valence-electron chi connectivity index (χ2n) is 4.30. The van der Waals surface area contributed by atoms with E-state index in [2.05, 4.69) is 11.1 Å². The summed E-state index contributed by atoms with van der Waals surface area (Å²) in [6, 6.07) is 8.10. The molecule has 1 aromatic carbocycles. The molecule has 102 valence electrons. The number of carbonyl (C=O) groups is 1. The summed E-state index contributed by atoms with van der Waals surface area (Å²) < 4.78 is 10.5. The maximum absolute atomic E-state index is 11.8. The summed E-state index contributed by atoms with van der Waals surface area (Å²) >= 11 is 0. The standard InChI is InChI=1S/C15H19NO3/c1-3-18-14(15(17)19-4-2)10-11-5-6-13-12(9-11)7-8-16-13/h5-9,14,16H,3-4,10H2,1-2H3/t14-/m0/s1. The van der Waals surface area contributed by atoms with Gasteiger partial charge >= 0.3 is 5.97 Å². The molecule has 2 rings (SSSR count). The first kappa shape index (κ1) is 13.6. The molecule has 1 N–H and O–H groups in total. The van der Waals surface area contributed by atoms with E-state index in [1.807, 2.05) is 31.3 Å². The number of rotatable bonds is 6. The molecule has 0 amide bonds. The van der Waals surface area contributed by atoms with Crippen LogP contribution in [-0.4, -0.2) is 30.3 Å². The molecular formula is C15H19NO3. The van der Waals surface area contributed by atoms with Crippen LogP contribution in [0.25, 0.3) is 10.9 Å². The number of H-pyrrole nitrogens is 1. The molecule has 4 heteroatoms. The minimum absolute atomic E-state index is 0.293. The van der Waals surface area contributed by atoms with Crippen LogP contribution in [0.2, 0.25) is 0 Å². The number of esters is 1. The number of aromatic nitrogens is 1. The lowest BCUT2D eigenvalue weighted by Crippen LogP contribution is -2.28. The van der Waals surface area contributed by atoms with E-state index < -0.39 is 6.10 Å². The van der Waals surface area contributed by atoms with Crippen LogP contribution < -0.4 is 0 Å². The second-order valence-corrected chi connectivity index (χ2v) is 4.30. The van der Waals surface area contributed by atoms with Crippen LogP contribution in [0.1, 0.15) is 19.4 Å². The topological polar surface area (TPSA) is 51.3 Å². The molecule has 0 fully saturated rings. The highest BCUT2D eigenvalue weighted by atomic mass is 16.6. The van der Waals surface area contributed by atoms with Gasteiger partial charge in [-0.05, 0) is 43.0 Å². The molecule has 1 heterocycles. The Morgan fingerprint density at radius 2 is 2.11 bits per heavy atom. The van der Waals surface area contributed by atoms with Gasteiger partial charge in [0.1, 0.15) is 0 Å². The van der Waals surface area contributed by atoms with E-state index in [1.165, 1.54) is 0 Å². The first-order valence-electron chi connectivity index (χ1n) is 6.58. The molecule has 0 aliphatic heterocycles. The van der Waals surface area contributed by atoms with Crippen LogP contribution in [-0.2, 0) is 20.7 Å². The van der Waals surface area contributed by atoms with Gasteiger partial charge in [0.25, 0.3) is 0 Å². The maximum atomic E-state index is 11.8. The number of hydrogen-bond donors (Lipinski definition) is 1. The van der Waals surface area contributed by atoms with Gasteiger partial charge in [-0.2, -0.15) is 0 Å². The van der Waals surface area contributed by atoms with Crippen molar-refractivity contribution in [3.8, 4) is 0 Å². The lowest BCUT2D eigenvalue weighted by atomic mass is 10.1. The van der Waals surface area contributed by atoms with E-state index in [0.717, 1.165) is 16.5 Å². The van der Waals surface area contributed by atoms with E-state index in [1.54, 1.807) is 6.92 Å². The number of aromatic amines is 1. The molecule has 0 aliphatic carbocycles. The Bertz CT molecular complexity index is 547. The lowest BCUT2D eigenvalue weighted by Gasteiger charge is -2.15. The number of carbonyl (C=O) groups excluding carboxylic acids is 1. The molecule has 2 aromatic rings. The fourth-order valence-electron chi connectivity index (χ4n) is 2.09. The molecule has 0 saturated heterocycles. The van der Waals surface area contributed by atoms with Gasteiger partial charge in [-0.25, -0.2) is 4.79 Å². The second kappa shape index (κ2) is 6.38. The maximum Gasteiger partial charge on any atom is 0.335 e. The Morgan fingerprint density at radius 3 is 2.84 bits per heavy atom. The average Bonchev–Trinajstić information content (AvgIpc) is 2.86. The summed E-state index contributed by atoms with van der Waals surface area (Å²) in [4.78, 5) is 14.9. The molecule has 19 heavy (non-hydrogen) atoms. The Balaban J connectivity index is 2.12. The molecule has 0 saturated carbocycles. The smallest absolute Gasteiger partial charge is 0.335 e. The number of ether oxygens (including phenoxy) is 2. The molecule has 4 nitrogen and oxygen atoms in total. The van der Waals surface area contributed by atoms with Crippen molar-refractivity contribution in [2.45, 2.75) is 26.4 Å². The van der Waals surface area contributed by atoms with E-state index in [-0.39, 0.29) is 5.97 Å². The van der Waals surface area contributed by atoms with Gasteiger partial charge < -0.3 is 14.5 Å². The Hall–Kier alpha value is -1.81. The van der Waals surface area contributed by atoms with E-state index >= 15 is 0 Å². The van der Waals surface area contributed by atoms with Crippen molar-refractivity contribution >= 4 is 16.9 Å². The van der Waals surface area contributed by atoms with Crippen molar-refractivity contribution in [3.05, 3.63) is 36.0 Å². The van der Waals surface area contributed by atoms with Crippen LogP contribution in [0.3, 0.4) is 0 Å². The monoisotopic (exact) mass is 261 g/mol. The first-order chi connectivity index (χ1) is 9.24. The fraction of sp³-hybridized carbons (Fsp3) is 0.400. The lowest BCUT2D eigenvalue weighted by molar-refractivity contribution is -0.156. The van der Waals surface area contributed by atoms with Gasteiger partial charge in [0.15, 0.2) is 6.10 Å². The predicted octanol–water partition coefficient (Wildman–Crippen LogP) is 2.68. The molecule has 0 radical (unpaired) electrons. The largest absolute Gasteiger partial charge is 0.464 e. The third kappa shape index (κ3) is 3.35. The summed E-state index contributed by atoms with van der Waals surface area (Å²) in [5.41, 5.74) is 2.16. The third-order valence-corrected chi connectivity index (χ3v) is 2.96.